The Kier molecular flexibility index (Phi) is 3.58. The van der Waals surface area contributed by atoms with Gasteiger partial charge in [0, 0.05) is 17.8 Å². The van der Waals surface area contributed by atoms with Gasteiger partial charge in [0.25, 0.3) is 0 Å². The van der Waals surface area contributed by atoms with Crippen LogP contribution in [0.4, 0.5) is 5.69 Å². The Hall–Kier alpha value is -1.51. The lowest BCUT2D eigenvalue weighted by Crippen LogP contribution is -2.19. The van der Waals surface area contributed by atoms with Crippen LogP contribution in [0.25, 0.3) is 0 Å². The van der Waals surface area contributed by atoms with E-state index in [4.69, 9.17) is 5.73 Å². The Labute approximate surface area is 97.0 Å². The van der Waals surface area contributed by atoms with Crippen molar-refractivity contribution in [1.82, 2.24) is 0 Å². The number of nitrogens with one attached hydrogen (secondary N) is 1. The summed E-state index contributed by atoms with van der Waals surface area (Å²) in [5, 5.41) is 3.37. The maximum absolute atomic E-state index is 11.0. The lowest BCUT2D eigenvalue weighted by atomic mass is 9.96. The molecular formula is C13H20N2O. The molecule has 1 aromatic rings. The minimum atomic E-state index is -0.384. The van der Waals surface area contributed by atoms with E-state index >= 15 is 0 Å². The van der Waals surface area contributed by atoms with E-state index in [1.165, 1.54) is 0 Å². The van der Waals surface area contributed by atoms with Gasteiger partial charge in [0.15, 0.2) is 0 Å². The third-order valence-corrected chi connectivity index (χ3v) is 2.32. The molecule has 0 atom stereocenters. The Morgan fingerprint density at radius 2 is 2.00 bits per heavy atom. The molecule has 0 heterocycles. The fourth-order valence-electron chi connectivity index (χ4n) is 1.38. The predicted molar refractivity (Wildman–Crippen MR) is 67.6 cm³/mol. The van der Waals surface area contributed by atoms with E-state index in [1.54, 1.807) is 6.07 Å². The van der Waals surface area contributed by atoms with E-state index in [2.05, 4.69) is 26.1 Å². The van der Waals surface area contributed by atoms with E-state index in [0.717, 1.165) is 17.8 Å². The van der Waals surface area contributed by atoms with Crippen molar-refractivity contribution in [2.24, 2.45) is 11.1 Å². The highest BCUT2D eigenvalue weighted by atomic mass is 16.1. The van der Waals surface area contributed by atoms with Gasteiger partial charge in [0.1, 0.15) is 0 Å². The number of hydrogen-bond acceptors (Lipinski definition) is 2. The summed E-state index contributed by atoms with van der Waals surface area (Å²) in [5.74, 6) is -0.384. The zero-order valence-electron chi connectivity index (χ0n) is 10.4. The molecule has 3 heteroatoms. The molecule has 0 saturated heterocycles. The number of amides is 1. The van der Waals surface area contributed by atoms with Crippen LogP contribution in [0.2, 0.25) is 0 Å². The fraction of sp³-hybridized carbons (Fsp3) is 0.462. The molecule has 0 aliphatic carbocycles. The van der Waals surface area contributed by atoms with Crippen molar-refractivity contribution < 1.29 is 4.79 Å². The van der Waals surface area contributed by atoms with E-state index in [0.29, 0.717) is 5.56 Å². The Morgan fingerprint density at radius 3 is 2.44 bits per heavy atom. The fourth-order valence-corrected chi connectivity index (χ4v) is 1.38. The SMILES string of the molecule is Cc1cc(C(N)=O)ccc1NCC(C)(C)C. The summed E-state index contributed by atoms with van der Waals surface area (Å²) in [7, 11) is 0. The van der Waals surface area contributed by atoms with Gasteiger partial charge in [-0.3, -0.25) is 4.79 Å². The number of carbonyl (C=O) groups excluding carboxylic acids is 1. The summed E-state index contributed by atoms with van der Waals surface area (Å²) in [6, 6.07) is 5.47. The molecule has 0 spiro atoms. The molecule has 0 saturated carbocycles. The molecule has 0 aromatic heterocycles. The van der Waals surface area contributed by atoms with E-state index < -0.39 is 0 Å². The molecule has 16 heavy (non-hydrogen) atoms. The largest absolute Gasteiger partial charge is 0.384 e. The molecule has 1 rings (SSSR count). The van der Waals surface area contributed by atoms with E-state index in [1.807, 2.05) is 19.1 Å². The molecule has 0 unspecified atom stereocenters. The maximum atomic E-state index is 11.0. The lowest BCUT2D eigenvalue weighted by Gasteiger charge is -2.20. The van der Waals surface area contributed by atoms with Gasteiger partial charge in [-0.15, -0.1) is 0 Å². The average molecular weight is 220 g/mol. The first-order valence-corrected chi connectivity index (χ1v) is 5.44. The van der Waals surface area contributed by atoms with Crippen molar-refractivity contribution >= 4 is 11.6 Å². The zero-order chi connectivity index (χ0) is 12.3. The van der Waals surface area contributed by atoms with Crippen molar-refractivity contribution in [2.45, 2.75) is 27.7 Å². The monoisotopic (exact) mass is 220 g/mol. The Morgan fingerprint density at radius 1 is 1.38 bits per heavy atom. The predicted octanol–water partition coefficient (Wildman–Crippen LogP) is 2.55. The van der Waals surface area contributed by atoms with Gasteiger partial charge in [-0.1, -0.05) is 20.8 Å². The van der Waals surface area contributed by atoms with E-state index in [9.17, 15) is 4.79 Å². The summed E-state index contributed by atoms with van der Waals surface area (Å²) in [6.07, 6.45) is 0. The summed E-state index contributed by atoms with van der Waals surface area (Å²) in [5.41, 5.74) is 8.10. The van der Waals surface area contributed by atoms with Crippen LogP contribution in [0, 0.1) is 12.3 Å². The van der Waals surface area contributed by atoms with Crippen LogP contribution < -0.4 is 11.1 Å². The normalized spacial score (nSPS) is 11.2. The van der Waals surface area contributed by atoms with Crippen molar-refractivity contribution in [3.05, 3.63) is 29.3 Å². The molecule has 0 bridgehead atoms. The van der Waals surface area contributed by atoms with Crippen LogP contribution in [0.15, 0.2) is 18.2 Å². The minimum Gasteiger partial charge on any atom is -0.384 e. The summed E-state index contributed by atoms with van der Waals surface area (Å²) in [6.45, 7) is 9.38. The number of nitrogens with two attached hydrogens (primary N) is 1. The Balaban J connectivity index is 2.80. The van der Waals surface area contributed by atoms with Crippen LogP contribution >= 0.6 is 0 Å². The second-order valence-corrected chi connectivity index (χ2v) is 5.31. The highest BCUT2D eigenvalue weighted by Gasteiger charge is 2.10. The lowest BCUT2D eigenvalue weighted by molar-refractivity contribution is 0.1000. The smallest absolute Gasteiger partial charge is 0.248 e. The van der Waals surface area contributed by atoms with Gasteiger partial charge in [-0.2, -0.15) is 0 Å². The molecular weight excluding hydrogens is 200 g/mol. The van der Waals surface area contributed by atoms with Crippen molar-refractivity contribution in [3.8, 4) is 0 Å². The Bertz CT molecular complexity index is 391. The molecule has 0 aliphatic rings. The van der Waals surface area contributed by atoms with Gasteiger partial charge in [0.2, 0.25) is 5.91 Å². The number of hydrogen-bond donors (Lipinski definition) is 2. The molecule has 0 radical (unpaired) electrons. The third-order valence-electron chi connectivity index (χ3n) is 2.32. The van der Waals surface area contributed by atoms with Gasteiger partial charge < -0.3 is 11.1 Å². The van der Waals surface area contributed by atoms with Crippen molar-refractivity contribution in [2.75, 3.05) is 11.9 Å². The molecule has 0 fully saturated rings. The van der Waals surface area contributed by atoms with E-state index in [-0.39, 0.29) is 11.3 Å². The number of aryl methyl sites for hydroxylation is 1. The molecule has 1 aromatic carbocycles. The molecule has 3 N–H and O–H groups in total. The number of benzene rings is 1. The van der Waals surface area contributed by atoms with Gasteiger partial charge in [-0.05, 0) is 36.1 Å². The second kappa shape index (κ2) is 4.56. The number of primary amides is 1. The summed E-state index contributed by atoms with van der Waals surface area (Å²) < 4.78 is 0. The van der Waals surface area contributed by atoms with Crippen LogP contribution in [0.3, 0.4) is 0 Å². The minimum absolute atomic E-state index is 0.231. The zero-order valence-corrected chi connectivity index (χ0v) is 10.4. The topological polar surface area (TPSA) is 55.1 Å². The van der Waals surface area contributed by atoms with Crippen molar-refractivity contribution in [3.63, 3.8) is 0 Å². The van der Waals surface area contributed by atoms with Crippen LogP contribution in [-0.4, -0.2) is 12.5 Å². The summed E-state index contributed by atoms with van der Waals surface area (Å²) >= 11 is 0. The first-order valence-electron chi connectivity index (χ1n) is 5.44. The van der Waals surface area contributed by atoms with Gasteiger partial charge in [-0.25, -0.2) is 0 Å². The molecule has 88 valence electrons. The number of carbonyl (C=O) groups is 1. The number of anilines is 1. The van der Waals surface area contributed by atoms with Gasteiger partial charge >= 0.3 is 0 Å². The van der Waals surface area contributed by atoms with Crippen LogP contribution in [-0.2, 0) is 0 Å². The quantitative estimate of drug-likeness (QED) is 0.822. The highest BCUT2D eigenvalue weighted by molar-refractivity contribution is 5.93. The first kappa shape index (κ1) is 12.6. The first-order chi connectivity index (χ1) is 7.29. The van der Waals surface area contributed by atoms with Crippen LogP contribution in [0.5, 0.6) is 0 Å². The highest BCUT2D eigenvalue weighted by Crippen LogP contribution is 2.19. The third kappa shape index (κ3) is 3.57. The standard InChI is InChI=1S/C13H20N2O/c1-9-7-10(12(14)16)5-6-11(9)15-8-13(2,3)4/h5-7,15H,8H2,1-4H3,(H2,14,16). The number of rotatable bonds is 3. The molecule has 1 amide bonds. The maximum Gasteiger partial charge on any atom is 0.248 e. The molecule has 3 nitrogen and oxygen atoms in total. The van der Waals surface area contributed by atoms with Crippen LogP contribution in [0.1, 0.15) is 36.7 Å². The second-order valence-electron chi connectivity index (χ2n) is 5.31. The van der Waals surface area contributed by atoms with Crippen molar-refractivity contribution in [1.29, 1.82) is 0 Å². The summed E-state index contributed by atoms with van der Waals surface area (Å²) in [4.78, 5) is 11.0. The average Bonchev–Trinajstić information content (AvgIpc) is 2.14. The molecule has 0 aliphatic heterocycles. The van der Waals surface area contributed by atoms with Gasteiger partial charge in [0.05, 0.1) is 0 Å².